The van der Waals surface area contributed by atoms with Crippen LogP contribution in [0, 0.1) is 22.0 Å². The van der Waals surface area contributed by atoms with Crippen molar-refractivity contribution >= 4 is 22.4 Å². The Kier molecular flexibility index (Phi) is 3.04. The van der Waals surface area contributed by atoms with Gasteiger partial charge in [0, 0.05) is 19.2 Å². The molecule has 1 saturated heterocycles. The predicted octanol–water partition coefficient (Wildman–Crippen LogP) is 2.61. The molecule has 0 saturated carbocycles. The summed E-state index contributed by atoms with van der Waals surface area (Å²) < 4.78 is 4.71. The Balaban J connectivity index is 2.06. The number of fused-ring (bicyclic) bond motifs is 1. The number of rotatable bonds is 2. The molecule has 1 aromatic carbocycles. The first-order valence-electron chi connectivity index (χ1n) is 6.71. The van der Waals surface area contributed by atoms with Crippen LogP contribution in [0.15, 0.2) is 16.8 Å². The van der Waals surface area contributed by atoms with Crippen molar-refractivity contribution in [1.29, 1.82) is 0 Å². The molecule has 2 aromatic rings. The van der Waals surface area contributed by atoms with Crippen LogP contribution in [-0.4, -0.2) is 28.3 Å². The third kappa shape index (κ3) is 2.09. The Labute approximate surface area is 115 Å². The lowest BCUT2D eigenvalue weighted by Crippen LogP contribution is -2.38. The second-order valence-electron chi connectivity index (χ2n) is 5.67. The van der Waals surface area contributed by atoms with E-state index in [-0.39, 0.29) is 11.2 Å². The number of piperidine rings is 1. The number of anilines is 1. The van der Waals surface area contributed by atoms with Crippen LogP contribution in [0.25, 0.3) is 11.0 Å². The average Bonchev–Trinajstić information content (AvgIpc) is 2.84. The summed E-state index contributed by atoms with van der Waals surface area (Å²) in [4.78, 5) is 12.7. The zero-order chi connectivity index (χ0) is 14.3. The van der Waals surface area contributed by atoms with Crippen molar-refractivity contribution in [2.45, 2.75) is 20.3 Å². The first-order chi connectivity index (χ1) is 9.56. The van der Waals surface area contributed by atoms with Gasteiger partial charge < -0.3 is 4.90 Å². The van der Waals surface area contributed by atoms with Gasteiger partial charge in [0.15, 0.2) is 5.52 Å². The highest BCUT2D eigenvalue weighted by molar-refractivity contribution is 5.93. The van der Waals surface area contributed by atoms with Crippen molar-refractivity contribution in [3.8, 4) is 0 Å². The van der Waals surface area contributed by atoms with E-state index in [2.05, 4.69) is 29.1 Å². The summed E-state index contributed by atoms with van der Waals surface area (Å²) in [6.45, 7) is 6.27. The molecule has 0 radical (unpaired) electrons. The highest BCUT2D eigenvalue weighted by Gasteiger charge is 2.27. The van der Waals surface area contributed by atoms with E-state index in [1.165, 1.54) is 12.5 Å². The third-order valence-electron chi connectivity index (χ3n) is 3.78. The highest BCUT2D eigenvalue weighted by Crippen LogP contribution is 2.34. The third-order valence-corrected chi connectivity index (χ3v) is 3.78. The fourth-order valence-corrected chi connectivity index (χ4v) is 3.10. The molecule has 0 spiro atoms. The molecule has 1 fully saturated rings. The molecule has 0 N–H and O–H groups in total. The number of nitro groups is 1. The van der Waals surface area contributed by atoms with Gasteiger partial charge in [-0.3, -0.25) is 10.1 Å². The summed E-state index contributed by atoms with van der Waals surface area (Å²) in [6, 6.07) is 3.22. The van der Waals surface area contributed by atoms with Gasteiger partial charge in [0.2, 0.25) is 5.52 Å². The highest BCUT2D eigenvalue weighted by atomic mass is 16.6. The van der Waals surface area contributed by atoms with Crippen molar-refractivity contribution < 1.29 is 9.55 Å². The second kappa shape index (κ2) is 4.73. The van der Waals surface area contributed by atoms with Crippen LogP contribution in [0.4, 0.5) is 11.4 Å². The summed E-state index contributed by atoms with van der Waals surface area (Å²) in [5.74, 6) is 1.17. The Morgan fingerprint density at radius 2 is 1.90 bits per heavy atom. The molecule has 20 heavy (non-hydrogen) atoms. The molecule has 2 atom stereocenters. The van der Waals surface area contributed by atoms with Crippen molar-refractivity contribution in [3.63, 3.8) is 0 Å². The summed E-state index contributed by atoms with van der Waals surface area (Å²) in [5, 5.41) is 18.5. The molecule has 1 aliphatic rings. The molecular weight excluding hydrogens is 260 g/mol. The number of nitro benzene ring substituents is 1. The Morgan fingerprint density at radius 3 is 2.55 bits per heavy atom. The normalized spacial score (nSPS) is 23.2. The molecule has 2 heterocycles. The van der Waals surface area contributed by atoms with E-state index in [4.69, 9.17) is 4.63 Å². The van der Waals surface area contributed by atoms with E-state index in [1.54, 1.807) is 6.07 Å². The Bertz CT molecular complexity index is 644. The standard InChI is InChI=1S/C13H16N4O3/c1-8-5-9(2)7-16(6-8)10-3-4-11(17(18)19)13-12(10)14-20-15-13/h3-4,8-9H,5-7H2,1-2H3. The van der Waals surface area contributed by atoms with Crippen LogP contribution in [0.1, 0.15) is 20.3 Å². The number of benzene rings is 1. The summed E-state index contributed by atoms with van der Waals surface area (Å²) in [7, 11) is 0. The lowest BCUT2D eigenvalue weighted by molar-refractivity contribution is -0.383. The summed E-state index contributed by atoms with van der Waals surface area (Å²) in [5.41, 5.74) is 1.49. The summed E-state index contributed by atoms with van der Waals surface area (Å²) >= 11 is 0. The van der Waals surface area contributed by atoms with Gasteiger partial charge in [-0.05, 0) is 34.6 Å². The molecule has 7 nitrogen and oxygen atoms in total. The number of nitrogens with zero attached hydrogens (tertiary/aromatic N) is 4. The quantitative estimate of drug-likeness (QED) is 0.619. The maximum Gasteiger partial charge on any atom is 0.300 e. The first kappa shape index (κ1) is 12.8. The first-order valence-corrected chi connectivity index (χ1v) is 6.71. The van der Waals surface area contributed by atoms with Gasteiger partial charge in [0.25, 0.3) is 0 Å². The van der Waals surface area contributed by atoms with Gasteiger partial charge in [-0.2, -0.15) is 0 Å². The number of non-ortho nitro benzene ring substituents is 1. The van der Waals surface area contributed by atoms with Crippen molar-refractivity contribution in [2.24, 2.45) is 11.8 Å². The lowest BCUT2D eigenvalue weighted by Gasteiger charge is -2.36. The Hall–Kier alpha value is -2.18. The van der Waals surface area contributed by atoms with Crippen LogP contribution in [0.5, 0.6) is 0 Å². The van der Waals surface area contributed by atoms with Crippen molar-refractivity contribution in [2.75, 3.05) is 18.0 Å². The molecule has 1 aromatic heterocycles. The fourth-order valence-electron chi connectivity index (χ4n) is 3.10. The van der Waals surface area contributed by atoms with Gasteiger partial charge in [-0.25, -0.2) is 4.63 Å². The molecule has 106 valence electrons. The van der Waals surface area contributed by atoms with Crippen LogP contribution in [0.2, 0.25) is 0 Å². The number of aromatic nitrogens is 2. The Morgan fingerprint density at radius 1 is 1.25 bits per heavy atom. The van der Waals surface area contributed by atoms with E-state index in [0.717, 1.165) is 18.8 Å². The van der Waals surface area contributed by atoms with Crippen molar-refractivity contribution in [1.82, 2.24) is 10.3 Å². The molecule has 3 rings (SSSR count). The average molecular weight is 276 g/mol. The van der Waals surface area contributed by atoms with E-state index >= 15 is 0 Å². The van der Waals surface area contributed by atoms with Crippen LogP contribution in [-0.2, 0) is 0 Å². The van der Waals surface area contributed by atoms with Crippen molar-refractivity contribution in [3.05, 3.63) is 22.2 Å². The molecule has 0 amide bonds. The maximum absolute atomic E-state index is 11.0. The monoisotopic (exact) mass is 276 g/mol. The topological polar surface area (TPSA) is 85.3 Å². The van der Waals surface area contributed by atoms with Gasteiger partial charge >= 0.3 is 5.69 Å². The number of hydrogen-bond acceptors (Lipinski definition) is 6. The van der Waals surface area contributed by atoms with Gasteiger partial charge in [0.05, 0.1) is 10.6 Å². The van der Waals surface area contributed by atoms with Crippen LogP contribution in [0.3, 0.4) is 0 Å². The van der Waals surface area contributed by atoms with E-state index < -0.39 is 4.92 Å². The maximum atomic E-state index is 11.0. The minimum atomic E-state index is -0.461. The largest absolute Gasteiger partial charge is 0.369 e. The minimum absolute atomic E-state index is 0.0666. The van der Waals surface area contributed by atoms with Gasteiger partial charge in [-0.15, -0.1) is 0 Å². The van der Waals surface area contributed by atoms with E-state index in [0.29, 0.717) is 17.4 Å². The van der Waals surface area contributed by atoms with Gasteiger partial charge in [-0.1, -0.05) is 13.8 Å². The lowest BCUT2D eigenvalue weighted by atomic mass is 9.91. The minimum Gasteiger partial charge on any atom is -0.369 e. The van der Waals surface area contributed by atoms with Crippen LogP contribution >= 0.6 is 0 Å². The smallest absolute Gasteiger partial charge is 0.300 e. The van der Waals surface area contributed by atoms with E-state index in [1.807, 2.05) is 0 Å². The van der Waals surface area contributed by atoms with Crippen LogP contribution < -0.4 is 4.90 Å². The molecule has 0 aliphatic carbocycles. The zero-order valence-electron chi connectivity index (χ0n) is 11.4. The van der Waals surface area contributed by atoms with E-state index in [9.17, 15) is 10.1 Å². The number of hydrogen-bond donors (Lipinski definition) is 0. The second-order valence-corrected chi connectivity index (χ2v) is 5.67. The molecular formula is C13H16N4O3. The molecule has 1 aliphatic heterocycles. The molecule has 7 heteroatoms. The zero-order valence-corrected chi connectivity index (χ0v) is 11.4. The fraction of sp³-hybridized carbons (Fsp3) is 0.538. The summed E-state index contributed by atoms with van der Waals surface area (Å²) in [6.07, 6.45) is 1.20. The SMILES string of the molecule is CC1CC(C)CN(c2ccc([N+](=O)[O-])c3nonc23)C1. The molecule has 0 bridgehead atoms. The van der Waals surface area contributed by atoms with Gasteiger partial charge in [0.1, 0.15) is 0 Å². The predicted molar refractivity (Wildman–Crippen MR) is 73.6 cm³/mol. The molecule has 2 unspecified atom stereocenters.